The molecule has 118 valence electrons. The number of rotatable bonds is 8. The smallest absolute Gasteiger partial charge is 0.337 e. The molecule has 22 heavy (non-hydrogen) atoms. The zero-order valence-electron chi connectivity index (χ0n) is 11.5. The molecule has 0 aliphatic carbocycles. The van der Waals surface area contributed by atoms with Crippen molar-refractivity contribution in [2.45, 2.75) is 23.8 Å². The van der Waals surface area contributed by atoms with E-state index in [0.29, 0.717) is 0 Å². The number of hydrogen-bond donors (Lipinski definition) is 1. The molecule has 0 bridgehead atoms. The Morgan fingerprint density at radius 1 is 1.27 bits per heavy atom. The number of terminal acetylenes is 1. The van der Waals surface area contributed by atoms with Crippen molar-refractivity contribution >= 4 is 22.1 Å². The zero-order valence-corrected chi connectivity index (χ0v) is 12.3. The van der Waals surface area contributed by atoms with Crippen molar-refractivity contribution in [3.63, 3.8) is 0 Å². The summed E-state index contributed by atoms with van der Waals surface area (Å²) in [5.74, 6) is -0.179. The maximum Gasteiger partial charge on any atom is 0.337 e. The standard InChI is InChI=1S/C14H14O7S/c1-2-10-20-14(17)12(8-9-13(15)16)21-22(18,19)11-6-4-3-5-7-11/h1,3-7,12H,8-10H2,(H,15,16). The first-order valence-electron chi connectivity index (χ1n) is 6.17. The van der Waals surface area contributed by atoms with Crippen LogP contribution in [0.3, 0.4) is 0 Å². The first kappa shape index (κ1) is 17.7. The minimum Gasteiger partial charge on any atom is -0.481 e. The van der Waals surface area contributed by atoms with E-state index in [1.165, 1.54) is 24.3 Å². The lowest BCUT2D eigenvalue weighted by molar-refractivity contribution is -0.151. The molecule has 0 amide bonds. The van der Waals surface area contributed by atoms with E-state index in [4.69, 9.17) is 15.7 Å². The van der Waals surface area contributed by atoms with E-state index >= 15 is 0 Å². The van der Waals surface area contributed by atoms with Crippen molar-refractivity contribution in [3.05, 3.63) is 30.3 Å². The van der Waals surface area contributed by atoms with E-state index in [-0.39, 0.29) is 17.9 Å². The van der Waals surface area contributed by atoms with Crippen LogP contribution in [0.1, 0.15) is 12.8 Å². The van der Waals surface area contributed by atoms with Crippen LogP contribution in [0.5, 0.6) is 0 Å². The molecule has 0 heterocycles. The van der Waals surface area contributed by atoms with Crippen molar-refractivity contribution in [1.29, 1.82) is 0 Å². The van der Waals surface area contributed by atoms with Gasteiger partial charge in [0.25, 0.3) is 10.1 Å². The fourth-order valence-electron chi connectivity index (χ4n) is 1.46. The van der Waals surface area contributed by atoms with Gasteiger partial charge in [-0.1, -0.05) is 24.1 Å². The normalized spacial score (nSPS) is 12.1. The maximum atomic E-state index is 12.0. The molecule has 8 heteroatoms. The maximum absolute atomic E-state index is 12.0. The van der Waals surface area contributed by atoms with E-state index in [1.54, 1.807) is 6.07 Å². The lowest BCUT2D eigenvalue weighted by Gasteiger charge is -2.15. The Kier molecular flexibility index (Phi) is 6.56. The first-order valence-corrected chi connectivity index (χ1v) is 7.58. The number of benzene rings is 1. The van der Waals surface area contributed by atoms with Crippen LogP contribution in [0.25, 0.3) is 0 Å². The molecule has 0 aromatic heterocycles. The third-order valence-electron chi connectivity index (χ3n) is 2.46. The summed E-state index contributed by atoms with van der Waals surface area (Å²) in [6, 6.07) is 7.16. The van der Waals surface area contributed by atoms with Gasteiger partial charge in [0.05, 0.1) is 4.90 Å². The summed E-state index contributed by atoms with van der Waals surface area (Å²) in [6.45, 7) is -0.364. The lowest BCUT2D eigenvalue weighted by Crippen LogP contribution is -2.30. The van der Waals surface area contributed by atoms with Gasteiger partial charge in [0, 0.05) is 6.42 Å². The van der Waals surface area contributed by atoms with Crippen LogP contribution >= 0.6 is 0 Å². The van der Waals surface area contributed by atoms with Gasteiger partial charge in [-0.25, -0.2) is 4.79 Å². The highest BCUT2D eigenvalue weighted by molar-refractivity contribution is 7.86. The van der Waals surface area contributed by atoms with Gasteiger partial charge in [-0.15, -0.1) is 6.42 Å². The van der Waals surface area contributed by atoms with Crippen LogP contribution in [0.4, 0.5) is 0 Å². The monoisotopic (exact) mass is 326 g/mol. The molecule has 1 unspecified atom stereocenters. The van der Waals surface area contributed by atoms with Gasteiger partial charge < -0.3 is 9.84 Å². The van der Waals surface area contributed by atoms with Crippen LogP contribution in [0.2, 0.25) is 0 Å². The summed E-state index contributed by atoms with van der Waals surface area (Å²) in [7, 11) is -4.22. The highest BCUT2D eigenvalue weighted by Crippen LogP contribution is 2.17. The van der Waals surface area contributed by atoms with Gasteiger partial charge in [-0.3, -0.25) is 8.98 Å². The molecule has 0 saturated carbocycles. The third kappa shape index (κ3) is 5.55. The Morgan fingerprint density at radius 3 is 2.45 bits per heavy atom. The van der Waals surface area contributed by atoms with E-state index < -0.39 is 34.6 Å². The lowest BCUT2D eigenvalue weighted by atomic mass is 10.2. The van der Waals surface area contributed by atoms with E-state index in [1.807, 2.05) is 5.92 Å². The van der Waals surface area contributed by atoms with Gasteiger partial charge in [-0.2, -0.15) is 8.42 Å². The fraction of sp³-hybridized carbons (Fsp3) is 0.286. The van der Waals surface area contributed by atoms with Crippen molar-refractivity contribution in [3.8, 4) is 12.3 Å². The predicted molar refractivity (Wildman–Crippen MR) is 75.2 cm³/mol. The highest BCUT2D eigenvalue weighted by atomic mass is 32.2. The largest absolute Gasteiger partial charge is 0.481 e. The van der Waals surface area contributed by atoms with Gasteiger partial charge in [-0.05, 0) is 18.6 Å². The molecule has 0 aliphatic heterocycles. The predicted octanol–water partition coefficient (Wildman–Crippen LogP) is 0.802. The number of hydrogen-bond acceptors (Lipinski definition) is 6. The minimum atomic E-state index is -4.22. The topological polar surface area (TPSA) is 107 Å². The molecule has 0 fully saturated rings. The summed E-state index contributed by atoms with van der Waals surface area (Å²) in [5.41, 5.74) is 0. The van der Waals surface area contributed by atoms with Crippen LogP contribution in [-0.2, 0) is 28.6 Å². The number of aliphatic carboxylic acids is 1. The molecule has 1 N–H and O–H groups in total. The summed E-state index contributed by atoms with van der Waals surface area (Å²) in [4.78, 5) is 22.2. The average Bonchev–Trinajstić information content (AvgIpc) is 2.49. The summed E-state index contributed by atoms with van der Waals surface area (Å²) < 4.78 is 33.5. The molecule has 0 radical (unpaired) electrons. The Bertz CT molecular complexity index is 658. The van der Waals surface area contributed by atoms with Crippen LogP contribution < -0.4 is 0 Å². The Labute approximate surface area is 128 Å². The highest BCUT2D eigenvalue weighted by Gasteiger charge is 2.29. The van der Waals surface area contributed by atoms with Crippen molar-refractivity contribution in [1.82, 2.24) is 0 Å². The summed E-state index contributed by atoms with van der Waals surface area (Å²) in [6.07, 6.45) is 2.55. The number of carbonyl (C=O) groups excluding carboxylic acids is 1. The van der Waals surface area contributed by atoms with Crippen LogP contribution in [-0.4, -0.2) is 38.2 Å². The number of carboxylic acids is 1. The fourth-order valence-corrected chi connectivity index (χ4v) is 2.54. The Balaban J connectivity index is 2.89. The number of esters is 1. The second kappa shape index (κ2) is 8.17. The molecule has 1 rings (SSSR count). The van der Waals surface area contributed by atoms with Gasteiger partial charge in [0.1, 0.15) is 0 Å². The third-order valence-corrected chi connectivity index (χ3v) is 3.79. The SMILES string of the molecule is C#CCOC(=O)C(CCC(=O)O)OS(=O)(=O)c1ccccc1. The Hall–Kier alpha value is -2.37. The quantitative estimate of drug-likeness (QED) is 0.428. The molecular formula is C14H14O7S. The molecule has 0 spiro atoms. The van der Waals surface area contributed by atoms with Crippen LogP contribution in [0.15, 0.2) is 35.2 Å². The van der Waals surface area contributed by atoms with Gasteiger partial charge >= 0.3 is 11.9 Å². The number of ether oxygens (including phenoxy) is 1. The van der Waals surface area contributed by atoms with E-state index in [9.17, 15) is 18.0 Å². The average molecular weight is 326 g/mol. The zero-order chi connectivity index (χ0) is 16.6. The van der Waals surface area contributed by atoms with Gasteiger partial charge in [0.2, 0.25) is 0 Å². The molecule has 0 aliphatic rings. The van der Waals surface area contributed by atoms with Gasteiger partial charge in [0.15, 0.2) is 12.7 Å². The molecule has 1 atom stereocenters. The molecule has 0 saturated heterocycles. The van der Waals surface area contributed by atoms with E-state index in [2.05, 4.69) is 4.74 Å². The second-order valence-corrected chi connectivity index (χ2v) is 5.67. The first-order chi connectivity index (χ1) is 10.4. The van der Waals surface area contributed by atoms with Crippen molar-refractivity contribution < 1.29 is 32.0 Å². The summed E-state index contributed by atoms with van der Waals surface area (Å²) in [5, 5.41) is 8.65. The summed E-state index contributed by atoms with van der Waals surface area (Å²) >= 11 is 0. The second-order valence-electron chi connectivity index (χ2n) is 4.10. The Morgan fingerprint density at radius 2 is 1.91 bits per heavy atom. The molecular weight excluding hydrogens is 312 g/mol. The number of carbonyl (C=O) groups is 2. The van der Waals surface area contributed by atoms with Crippen LogP contribution in [0, 0.1) is 12.3 Å². The van der Waals surface area contributed by atoms with Crippen molar-refractivity contribution in [2.75, 3.05) is 6.61 Å². The minimum absolute atomic E-state index is 0.153. The number of carboxylic acid groups (broad SMARTS) is 1. The van der Waals surface area contributed by atoms with E-state index in [0.717, 1.165) is 0 Å². The molecule has 7 nitrogen and oxygen atoms in total. The van der Waals surface area contributed by atoms with Crippen molar-refractivity contribution in [2.24, 2.45) is 0 Å². The molecule has 1 aromatic rings. The molecule has 1 aromatic carbocycles.